The molecule has 2 atom stereocenters. The molecule has 0 saturated carbocycles. The molecule has 0 aromatic carbocycles. The molecule has 6 heteroatoms. The molecule has 0 heterocycles. The zero-order valence-electron chi connectivity index (χ0n) is 10.9. The van der Waals surface area contributed by atoms with E-state index >= 15 is 0 Å². The van der Waals surface area contributed by atoms with Crippen molar-refractivity contribution in [1.29, 1.82) is 0 Å². The molecular formula is C11H21F3N2O. The first kappa shape index (κ1) is 16.2. The Balaban J connectivity index is 4.15. The first-order valence-corrected chi connectivity index (χ1v) is 5.54. The average Bonchev–Trinajstić information content (AvgIpc) is 2.11. The Hall–Kier alpha value is -0.780. The molecule has 0 aromatic rings. The van der Waals surface area contributed by atoms with E-state index in [2.05, 4.69) is 5.32 Å². The van der Waals surface area contributed by atoms with Crippen molar-refractivity contribution in [3.63, 3.8) is 0 Å². The van der Waals surface area contributed by atoms with Crippen molar-refractivity contribution >= 4 is 5.91 Å². The fraction of sp³-hybridized carbons (Fsp3) is 0.909. The molecule has 1 amide bonds. The minimum absolute atomic E-state index is 0.0223. The molecule has 3 nitrogen and oxygen atoms in total. The highest BCUT2D eigenvalue weighted by atomic mass is 19.4. The molecule has 0 aromatic heterocycles. The van der Waals surface area contributed by atoms with Gasteiger partial charge in [-0.3, -0.25) is 4.79 Å². The topological polar surface area (TPSA) is 41.1 Å². The van der Waals surface area contributed by atoms with Crippen molar-refractivity contribution in [1.82, 2.24) is 10.6 Å². The highest BCUT2D eigenvalue weighted by Crippen LogP contribution is 2.19. The molecule has 0 aliphatic rings. The van der Waals surface area contributed by atoms with Crippen LogP contribution in [0.4, 0.5) is 13.2 Å². The van der Waals surface area contributed by atoms with Crippen molar-refractivity contribution in [3.05, 3.63) is 0 Å². The van der Waals surface area contributed by atoms with Gasteiger partial charge in [-0.05, 0) is 19.3 Å². The third-order valence-electron chi connectivity index (χ3n) is 2.66. The lowest BCUT2D eigenvalue weighted by molar-refractivity contribution is -0.139. The van der Waals surface area contributed by atoms with Gasteiger partial charge < -0.3 is 10.6 Å². The van der Waals surface area contributed by atoms with Crippen LogP contribution in [-0.2, 0) is 4.79 Å². The fourth-order valence-corrected chi connectivity index (χ4v) is 1.04. The van der Waals surface area contributed by atoms with Crippen molar-refractivity contribution in [2.75, 3.05) is 6.54 Å². The molecule has 0 radical (unpaired) electrons. The van der Waals surface area contributed by atoms with E-state index in [0.29, 0.717) is 0 Å². The van der Waals surface area contributed by atoms with Crippen molar-refractivity contribution in [2.24, 2.45) is 5.41 Å². The number of rotatable bonds is 4. The average molecular weight is 254 g/mol. The SMILES string of the molecule is CC(NC(C)C(C)(C)C)C(=O)NCC(F)(F)F. The number of halogens is 3. The zero-order valence-corrected chi connectivity index (χ0v) is 10.9. The van der Waals surface area contributed by atoms with Gasteiger partial charge in [-0.15, -0.1) is 0 Å². The van der Waals surface area contributed by atoms with Gasteiger partial charge >= 0.3 is 6.18 Å². The van der Waals surface area contributed by atoms with Crippen molar-refractivity contribution in [3.8, 4) is 0 Å². The van der Waals surface area contributed by atoms with Gasteiger partial charge in [0.05, 0.1) is 6.04 Å². The van der Waals surface area contributed by atoms with E-state index in [1.165, 1.54) is 0 Å². The number of hydrogen-bond acceptors (Lipinski definition) is 2. The van der Waals surface area contributed by atoms with Gasteiger partial charge in [0.2, 0.25) is 5.91 Å². The summed E-state index contributed by atoms with van der Waals surface area (Å²) in [6.07, 6.45) is -4.37. The van der Waals surface area contributed by atoms with E-state index < -0.39 is 24.7 Å². The van der Waals surface area contributed by atoms with Crippen LogP contribution in [0.15, 0.2) is 0 Å². The van der Waals surface area contributed by atoms with Crippen molar-refractivity contribution < 1.29 is 18.0 Å². The molecule has 2 unspecified atom stereocenters. The number of nitrogens with one attached hydrogen (secondary N) is 2. The van der Waals surface area contributed by atoms with E-state index in [-0.39, 0.29) is 11.5 Å². The van der Waals surface area contributed by atoms with E-state index in [0.717, 1.165) is 0 Å². The Morgan fingerprint density at radius 1 is 1.18 bits per heavy atom. The lowest BCUT2D eigenvalue weighted by atomic mass is 9.87. The smallest absolute Gasteiger partial charge is 0.346 e. The standard InChI is InChI=1S/C11H21F3N2O/c1-7(16-8(2)10(3,4)5)9(17)15-6-11(12,13)14/h7-8,16H,6H2,1-5H3,(H,15,17). The first-order chi connectivity index (χ1) is 7.43. The monoisotopic (exact) mass is 254 g/mol. The number of carbonyl (C=O) groups is 1. The Bertz CT molecular complexity index is 258. The molecule has 0 spiro atoms. The second kappa shape index (κ2) is 5.71. The zero-order chi connectivity index (χ0) is 13.9. The quantitative estimate of drug-likeness (QED) is 0.806. The van der Waals surface area contributed by atoms with Gasteiger partial charge in [-0.25, -0.2) is 0 Å². The second-order valence-electron chi connectivity index (χ2n) is 5.31. The molecule has 0 aliphatic carbocycles. The van der Waals surface area contributed by atoms with Crippen molar-refractivity contribution in [2.45, 2.75) is 52.9 Å². The van der Waals surface area contributed by atoms with Crippen LogP contribution in [0.2, 0.25) is 0 Å². The summed E-state index contributed by atoms with van der Waals surface area (Å²) in [5.41, 5.74) is -0.0570. The number of carbonyl (C=O) groups excluding carboxylic acids is 1. The largest absolute Gasteiger partial charge is 0.405 e. The van der Waals surface area contributed by atoms with Gasteiger partial charge in [0.1, 0.15) is 6.54 Å². The summed E-state index contributed by atoms with van der Waals surface area (Å²) >= 11 is 0. The van der Waals surface area contributed by atoms with Crippen LogP contribution in [0.1, 0.15) is 34.6 Å². The van der Waals surface area contributed by atoms with Gasteiger partial charge in [-0.1, -0.05) is 20.8 Å². The molecule has 0 fully saturated rings. The lowest BCUT2D eigenvalue weighted by Gasteiger charge is -2.30. The number of alkyl halides is 3. The molecule has 2 N–H and O–H groups in total. The van der Waals surface area contributed by atoms with Crippen LogP contribution < -0.4 is 10.6 Å². The Labute approximate surface area is 100 Å². The minimum atomic E-state index is -4.37. The maximum Gasteiger partial charge on any atom is 0.405 e. The lowest BCUT2D eigenvalue weighted by Crippen LogP contribution is -2.50. The summed E-state index contributed by atoms with van der Waals surface area (Å²) in [5, 5.41) is 4.83. The van der Waals surface area contributed by atoms with Gasteiger partial charge in [0.25, 0.3) is 0 Å². The van der Waals surface area contributed by atoms with Crippen LogP contribution >= 0.6 is 0 Å². The van der Waals surface area contributed by atoms with E-state index in [1.807, 2.05) is 33.0 Å². The van der Waals surface area contributed by atoms with E-state index in [1.54, 1.807) is 6.92 Å². The second-order valence-corrected chi connectivity index (χ2v) is 5.31. The Morgan fingerprint density at radius 3 is 2.00 bits per heavy atom. The summed E-state index contributed by atoms with van der Waals surface area (Å²) in [7, 11) is 0. The van der Waals surface area contributed by atoms with Gasteiger partial charge in [-0.2, -0.15) is 13.2 Å². The van der Waals surface area contributed by atoms with E-state index in [4.69, 9.17) is 0 Å². The van der Waals surface area contributed by atoms with E-state index in [9.17, 15) is 18.0 Å². The fourth-order valence-electron chi connectivity index (χ4n) is 1.04. The van der Waals surface area contributed by atoms with Crippen LogP contribution in [0.5, 0.6) is 0 Å². The Kier molecular flexibility index (Phi) is 5.45. The molecule has 0 bridgehead atoms. The predicted molar refractivity (Wildman–Crippen MR) is 60.6 cm³/mol. The Morgan fingerprint density at radius 2 is 1.65 bits per heavy atom. The number of hydrogen-bond donors (Lipinski definition) is 2. The molecule has 0 rings (SSSR count). The summed E-state index contributed by atoms with van der Waals surface area (Å²) < 4.78 is 35.7. The minimum Gasteiger partial charge on any atom is -0.346 e. The normalized spacial score (nSPS) is 16.5. The van der Waals surface area contributed by atoms with Crippen LogP contribution in [0.3, 0.4) is 0 Å². The molecule has 17 heavy (non-hydrogen) atoms. The van der Waals surface area contributed by atoms with Gasteiger partial charge in [0, 0.05) is 6.04 Å². The predicted octanol–water partition coefficient (Wildman–Crippen LogP) is 2.08. The third kappa shape index (κ3) is 7.20. The first-order valence-electron chi connectivity index (χ1n) is 5.54. The molecular weight excluding hydrogens is 233 g/mol. The summed E-state index contributed by atoms with van der Waals surface area (Å²) in [6, 6.07) is -0.624. The summed E-state index contributed by atoms with van der Waals surface area (Å²) in [5.74, 6) is -0.640. The molecule has 102 valence electrons. The third-order valence-corrected chi connectivity index (χ3v) is 2.66. The number of amides is 1. The maximum absolute atomic E-state index is 11.9. The highest BCUT2D eigenvalue weighted by molar-refractivity contribution is 5.81. The molecule has 0 saturated heterocycles. The molecule has 0 aliphatic heterocycles. The maximum atomic E-state index is 11.9. The summed E-state index contributed by atoms with van der Waals surface area (Å²) in [4.78, 5) is 11.4. The van der Waals surface area contributed by atoms with Gasteiger partial charge in [0.15, 0.2) is 0 Å². The summed E-state index contributed by atoms with van der Waals surface area (Å²) in [6.45, 7) is 8.13. The van der Waals surface area contributed by atoms with Crippen LogP contribution in [0, 0.1) is 5.41 Å². The van der Waals surface area contributed by atoms with Crippen LogP contribution in [0.25, 0.3) is 0 Å². The highest BCUT2D eigenvalue weighted by Gasteiger charge is 2.29. The van der Waals surface area contributed by atoms with Crippen LogP contribution in [-0.4, -0.2) is 30.7 Å².